The molecule has 1 fully saturated rings. The number of ketones is 1. The molecule has 5 heteroatoms. The van der Waals surface area contributed by atoms with Crippen LogP contribution < -0.4 is 5.32 Å². The van der Waals surface area contributed by atoms with Gasteiger partial charge in [0.05, 0.1) is 19.3 Å². The first kappa shape index (κ1) is 17.1. The normalized spacial score (nSPS) is 17.4. The number of amides is 1. The SMILES string of the molecule is CCC(=O)CN1CCC(OCCNC(=O)C(C)C)CC1. The highest BCUT2D eigenvalue weighted by Gasteiger charge is 2.20. The molecule has 1 rings (SSSR count). The molecular formula is C15H28N2O3. The van der Waals surface area contributed by atoms with E-state index in [1.807, 2.05) is 20.8 Å². The van der Waals surface area contributed by atoms with Gasteiger partial charge in [-0.05, 0) is 12.8 Å². The van der Waals surface area contributed by atoms with Crippen molar-refractivity contribution in [3.8, 4) is 0 Å². The van der Waals surface area contributed by atoms with Crippen LogP contribution in [0, 0.1) is 5.92 Å². The lowest BCUT2D eigenvalue weighted by Gasteiger charge is -2.31. The lowest BCUT2D eigenvalue weighted by Crippen LogP contribution is -2.40. The predicted octanol–water partition coefficient (Wildman–Crippen LogP) is 1.22. The molecule has 20 heavy (non-hydrogen) atoms. The Kier molecular flexibility index (Phi) is 7.77. The minimum atomic E-state index is 0.0225. The molecule has 1 aliphatic rings. The topological polar surface area (TPSA) is 58.6 Å². The van der Waals surface area contributed by atoms with Gasteiger partial charge in [-0.15, -0.1) is 0 Å². The van der Waals surface area contributed by atoms with Crippen LogP contribution >= 0.6 is 0 Å². The molecule has 1 saturated heterocycles. The first-order valence-electron chi connectivity index (χ1n) is 7.66. The van der Waals surface area contributed by atoms with Crippen molar-refractivity contribution in [3.05, 3.63) is 0 Å². The van der Waals surface area contributed by atoms with E-state index in [0.717, 1.165) is 25.9 Å². The molecule has 1 aliphatic heterocycles. The van der Waals surface area contributed by atoms with Gasteiger partial charge < -0.3 is 10.1 Å². The number of carbonyl (C=O) groups is 2. The average Bonchev–Trinajstić information content (AvgIpc) is 2.44. The molecule has 0 bridgehead atoms. The van der Waals surface area contributed by atoms with E-state index in [1.165, 1.54) is 0 Å². The van der Waals surface area contributed by atoms with Gasteiger partial charge in [-0.25, -0.2) is 0 Å². The quantitative estimate of drug-likeness (QED) is 0.681. The maximum atomic E-state index is 11.4. The van der Waals surface area contributed by atoms with E-state index in [1.54, 1.807) is 0 Å². The van der Waals surface area contributed by atoms with E-state index in [0.29, 0.717) is 31.9 Å². The maximum Gasteiger partial charge on any atom is 0.222 e. The van der Waals surface area contributed by atoms with Crippen molar-refractivity contribution in [3.63, 3.8) is 0 Å². The minimum Gasteiger partial charge on any atom is -0.376 e. The van der Waals surface area contributed by atoms with E-state index in [9.17, 15) is 9.59 Å². The summed E-state index contributed by atoms with van der Waals surface area (Å²) in [6, 6.07) is 0. The van der Waals surface area contributed by atoms with Crippen molar-refractivity contribution < 1.29 is 14.3 Å². The number of hydrogen-bond acceptors (Lipinski definition) is 4. The van der Waals surface area contributed by atoms with E-state index in [-0.39, 0.29) is 17.9 Å². The molecule has 0 aromatic carbocycles. The molecular weight excluding hydrogens is 256 g/mol. The Morgan fingerprint density at radius 3 is 2.50 bits per heavy atom. The number of nitrogens with zero attached hydrogens (tertiary/aromatic N) is 1. The van der Waals surface area contributed by atoms with Crippen molar-refractivity contribution in [2.24, 2.45) is 5.92 Å². The fraction of sp³-hybridized carbons (Fsp3) is 0.867. The first-order valence-corrected chi connectivity index (χ1v) is 7.66. The van der Waals surface area contributed by atoms with Gasteiger partial charge in [0.2, 0.25) is 5.91 Å². The van der Waals surface area contributed by atoms with E-state index < -0.39 is 0 Å². The lowest BCUT2D eigenvalue weighted by atomic mass is 10.1. The van der Waals surface area contributed by atoms with Crippen LogP contribution in [0.3, 0.4) is 0 Å². The number of carbonyl (C=O) groups excluding carboxylic acids is 2. The zero-order chi connectivity index (χ0) is 15.0. The van der Waals surface area contributed by atoms with Crippen LogP contribution in [0.2, 0.25) is 0 Å². The first-order chi connectivity index (χ1) is 9.52. The Balaban J connectivity index is 2.08. The fourth-order valence-corrected chi connectivity index (χ4v) is 2.20. The summed E-state index contributed by atoms with van der Waals surface area (Å²) in [6.45, 7) is 9.23. The van der Waals surface area contributed by atoms with Crippen LogP contribution in [0.1, 0.15) is 40.0 Å². The third-order valence-corrected chi connectivity index (χ3v) is 3.61. The Morgan fingerprint density at radius 2 is 1.95 bits per heavy atom. The number of rotatable bonds is 8. The predicted molar refractivity (Wildman–Crippen MR) is 78.6 cm³/mol. The van der Waals surface area contributed by atoms with Crippen LogP contribution in [-0.2, 0) is 14.3 Å². The van der Waals surface area contributed by atoms with Gasteiger partial charge in [-0.2, -0.15) is 0 Å². The highest BCUT2D eigenvalue weighted by atomic mass is 16.5. The molecule has 0 aromatic heterocycles. The van der Waals surface area contributed by atoms with E-state index >= 15 is 0 Å². The zero-order valence-corrected chi connectivity index (χ0v) is 13.0. The monoisotopic (exact) mass is 284 g/mol. The number of nitrogens with one attached hydrogen (secondary N) is 1. The molecule has 1 heterocycles. The summed E-state index contributed by atoms with van der Waals surface area (Å²) in [5.74, 6) is 0.400. The summed E-state index contributed by atoms with van der Waals surface area (Å²) < 4.78 is 5.77. The summed E-state index contributed by atoms with van der Waals surface area (Å²) in [5, 5.41) is 2.85. The zero-order valence-electron chi connectivity index (χ0n) is 13.0. The second kappa shape index (κ2) is 9.08. The summed E-state index contributed by atoms with van der Waals surface area (Å²) in [5.41, 5.74) is 0. The number of piperidine rings is 1. The molecule has 0 aromatic rings. The standard InChI is InChI=1S/C15H28N2O3/c1-4-13(18)11-17-8-5-14(6-9-17)20-10-7-16-15(19)12(2)3/h12,14H,4-11H2,1-3H3,(H,16,19). The summed E-state index contributed by atoms with van der Waals surface area (Å²) >= 11 is 0. The maximum absolute atomic E-state index is 11.4. The van der Waals surface area contributed by atoms with Crippen LogP contribution in [0.15, 0.2) is 0 Å². The van der Waals surface area contributed by atoms with Gasteiger partial charge in [0.25, 0.3) is 0 Å². The second-order valence-electron chi connectivity index (χ2n) is 5.68. The third kappa shape index (κ3) is 6.48. The average molecular weight is 284 g/mol. The number of Topliss-reactive ketones (excluding diaryl/α,β-unsaturated/α-hetero) is 1. The molecule has 0 radical (unpaired) electrons. The van der Waals surface area contributed by atoms with Crippen molar-refractivity contribution in [2.75, 3.05) is 32.8 Å². The van der Waals surface area contributed by atoms with E-state index in [4.69, 9.17) is 4.74 Å². The Hall–Kier alpha value is -0.940. The summed E-state index contributed by atoms with van der Waals surface area (Å²) in [6.07, 6.45) is 2.81. The molecule has 116 valence electrons. The van der Waals surface area contributed by atoms with Gasteiger partial charge >= 0.3 is 0 Å². The van der Waals surface area contributed by atoms with Crippen molar-refractivity contribution >= 4 is 11.7 Å². The van der Waals surface area contributed by atoms with Gasteiger partial charge in [-0.1, -0.05) is 20.8 Å². The molecule has 0 spiro atoms. The largest absolute Gasteiger partial charge is 0.376 e. The fourth-order valence-electron chi connectivity index (χ4n) is 2.20. The van der Waals surface area contributed by atoms with Gasteiger partial charge in [0, 0.05) is 32.0 Å². The molecule has 1 amide bonds. The van der Waals surface area contributed by atoms with Crippen LogP contribution in [-0.4, -0.2) is 55.5 Å². The second-order valence-corrected chi connectivity index (χ2v) is 5.68. The molecule has 0 unspecified atom stereocenters. The van der Waals surface area contributed by atoms with Gasteiger partial charge in [-0.3, -0.25) is 14.5 Å². The summed E-state index contributed by atoms with van der Waals surface area (Å²) in [4.78, 5) is 24.9. The highest BCUT2D eigenvalue weighted by Crippen LogP contribution is 2.13. The van der Waals surface area contributed by atoms with Gasteiger partial charge in [0.15, 0.2) is 0 Å². The highest BCUT2D eigenvalue weighted by molar-refractivity contribution is 5.80. The van der Waals surface area contributed by atoms with Crippen molar-refractivity contribution in [2.45, 2.75) is 46.1 Å². The van der Waals surface area contributed by atoms with Crippen LogP contribution in [0.4, 0.5) is 0 Å². The Morgan fingerprint density at radius 1 is 1.30 bits per heavy atom. The molecule has 0 atom stereocenters. The Bertz CT molecular complexity index is 310. The van der Waals surface area contributed by atoms with Crippen molar-refractivity contribution in [1.82, 2.24) is 10.2 Å². The van der Waals surface area contributed by atoms with Crippen LogP contribution in [0.5, 0.6) is 0 Å². The van der Waals surface area contributed by atoms with Crippen molar-refractivity contribution in [1.29, 1.82) is 0 Å². The molecule has 1 N–H and O–H groups in total. The number of hydrogen-bond donors (Lipinski definition) is 1. The molecule has 0 aliphatic carbocycles. The summed E-state index contributed by atoms with van der Waals surface area (Å²) in [7, 11) is 0. The number of ether oxygens (including phenoxy) is 1. The molecule has 5 nitrogen and oxygen atoms in total. The smallest absolute Gasteiger partial charge is 0.222 e. The minimum absolute atomic E-state index is 0.0225. The van der Waals surface area contributed by atoms with E-state index in [2.05, 4.69) is 10.2 Å². The lowest BCUT2D eigenvalue weighted by molar-refractivity contribution is -0.124. The third-order valence-electron chi connectivity index (χ3n) is 3.61. The van der Waals surface area contributed by atoms with Crippen LogP contribution in [0.25, 0.3) is 0 Å². The number of likely N-dealkylation sites (tertiary alicyclic amines) is 1. The molecule has 0 saturated carbocycles. The van der Waals surface area contributed by atoms with Gasteiger partial charge in [0.1, 0.15) is 5.78 Å². The Labute approximate surface area is 122 Å².